The molecular weight excluding hydrogens is 436 g/mol. The third-order valence-corrected chi connectivity index (χ3v) is 5.23. The number of hydrogen-bond acceptors (Lipinski definition) is 6. The number of para-hydroxylation sites is 1. The number of aromatic nitrogens is 1. The number of carbonyl (C=O) groups excluding carboxylic acids is 1. The van der Waals surface area contributed by atoms with Crippen LogP contribution in [0.15, 0.2) is 58.1 Å². The Morgan fingerprint density at radius 1 is 1.14 bits per heavy atom. The Bertz CT molecular complexity index is 1020. The van der Waals surface area contributed by atoms with Crippen molar-refractivity contribution in [2.75, 3.05) is 27.9 Å². The van der Waals surface area contributed by atoms with Crippen LogP contribution in [-0.4, -0.2) is 44.9 Å². The normalized spacial score (nSPS) is 12.3. The first-order valence-electron chi connectivity index (χ1n) is 8.89. The van der Waals surface area contributed by atoms with E-state index < -0.39 is 6.10 Å². The third-order valence-electron chi connectivity index (χ3n) is 4.45. The molecule has 0 fully saturated rings. The zero-order valence-corrected chi connectivity index (χ0v) is 18.0. The van der Waals surface area contributed by atoms with E-state index in [1.807, 2.05) is 42.5 Å². The fraction of sp³-hybridized carbons (Fsp3) is 0.227. The highest BCUT2D eigenvalue weighted by molar-refractivity contribution is 9.10. The minimum absolute atomic E-state index is 0.0180. The fourth-order valence-corrected chi connectivity index (χ4v) is 3.62. The summed E-state index contributed by atoms with van der Waals surface area (Å²) in [5.74, 6) is 1.10. The van der Waals surface area contributed by atoms with Gasteiger partial charge in [0.25, 0.3) is 0 Å². The number of benzene rings is 2. The molecule has 3 aromatic rings. The van der Waals surface area contributed by atoms with Crippen LogP contribution < -0.4 is 9.47 Å². The zero-order chi connectivity index (χ0) is 20.8. The molecule has 0 bridgehead atoms. The maximum Gasteiger partial charge on any atom is 0.187 e. The van der Waals surface area contributed by atoms with Gasteiger partial charge in [0.2, 0.25) is 0 Å². The van der Waals surface area contributed by atoms with Gasteiger partial charge in [0.05, 0.1) is 19.7 Å². The highest BCUT2D eigenvalue weighted by Gasteiger charge is 2.21. The number of pyridine rings is 1. The topological polar surface area (TPSA) is 70.0 Å². The lowest BCUT2D eigenvalue weighted by Gasteiger charge is -2.15. The largest absolute Gasteiger partial charge is 0.495 e. The summed E-state index contributed by atoms with van der Waals surface area (Å²) in [7, 11) is 4.67. The van der Waals surface area contributed by atoms with Crippen molar-refractivity contribution in [2.24, 2.45) is 4.99 Å². The molecule has 6 nitrogen and oxygen atoms in total. The molecule has 0 aliphatic rings. The lowest BCUT2D eigenvalue weighted by molar-refractivity contribution is -0.127. The fourth-order valence-electron chi connectivity index (χ4n) is 3.07. The Balaban J connectivity index is 1.80. The maximum absolute atomic E-state index is 12.8. The molecule has 7 heteroatoms. The second-order valence-corrected chi connectivity index (χ2v) is 7.00. The summed E-state index contributed by atoms with van der Waals surface area (Å²) in [5, 5.41) is 0.890. The van der Waals surface area contributed by atoms with E-state index >= 15 is 0 Å². The summed E-state index contributed by atoms with van der Waals surface area (Å²) in [4.78, 5) is 21.4. The summed E-state index contributed by atoms with van der Waals surface area (Å²) in [6.07, 6.45) is 2.59. The Morgan fingerprint density at radius 3 is 2.48 bits per heavy atom. The van der Waals surface area contributed by atoms with Crippen LogP contribution in [0.4, 0.5) is 0 Å². The van der Waals surface area contributed by atoms with Gasteiger partial charge in [-0.3, -0.25) is 14.8 Å². The number of aliphatic imine (C=N–C) groups is 1. The number of methoxy groups -OCH3 is 3. The van der Waals surface area contributed by atoms with Crippen molar-refractivity contribution < 1.29 is 19.0 Å². The molecule has 1 unspecified atom stereocenters. The van der Waals surface area contributed by atoms with E-state index in [0.29, 0.717) is 11.5 Å². The highest BCUT2D eigenvalue weighted by Crippen LogP contribution is 2.35. The minimum Gasteiger partial charge on any atom is -0.495 e. The number of halogens is 1. The molecule has 0 spiro atoms. The average molecular weight is 457 g/mol. The van der Waals surface area contributed by atoms with Crippen molar-refractivity contribution in [3.05, 3.63) is 64.3 Å². The Morgan fingerprint density at radius 2 is 1.83 bits per heavy atom. The summed E-state index contributed by atoms with van der Waals surface area (Å²) in [5.41, 5.74) is 2.36. The van der Waals surface area contributed by atoms with E-state index in [2.05, 4.69) is 25.9 Å². The smallest absolute Gasteiger partial charge is 0.187 e. The molecule has 0 saturated heterocycles. The van der Waals surface area contributed by atoms with Gasteiger partial charge in [-0.15, -0.1) is 0 Å². The van der Waals surface area contributed by atoms with Gasteiger partial charge in [-0.1, -0.05) is 18.2 Å². The minimum atomic E-state index is -0.714. The maximum atomic E-state index is 12.8. The predicted octanol–water partition coefficient (Wildman–Crippen LogP) is 4.39. The van der Waals surface area contributed by atoms with E-state index in [4.69, 9.17) is 14.2 Å². The summed E-state index contributed by atoms with van der Waals surface area (Å²) in [6, 6.07) is 13.1. The first kappa shape index (κ1) is 21.0. The van der Waals surface area contributed by atoms with Gasteiger partial charge in [0.15, 0.2) is 5.78 Å². The second-order valence-electron chi connectivity index (χ2n) is 6.21. The van der Waals surface area contributed by atoms with Gasteiger partial charge >= 0.3 is 0 Å². The Labute approximate surface area is 177 Å². The Hall–Kier alpha value is -2.77. The van der Waals surface area contributed by atoms with Gasteiger partial charge in [-0.2, -0.15) is 0 Å². The molecule has 0 saturated carbocycles. The van der Waals surface area contributed by atoms with Crippen LogP contribution in [-0.2, 0) is 9.53 Å². The van der Waals surface area contributed by atoms with Crippen LogP contribution in [0.5, 0.6) is 11.5 Å². The van der Waals surface area contributed by atoms with Gasteiger partial charge in [-0.25, -0.2) is 0 Å². The lowest BCUT2D eigenvalue weighted by atomic mass is 10.0. The molecule has 1 heterocycles. The van der Waals surface area contributed by atoms with Gasteiger partial charge < -0.3 is 14.2 Å². The number of ether oxygens (including phenoxy) is 3. The van der Waals surface area contributed by atoms with E-state index in [1.54, 1.807) is 26.6 Å². The molecule has 0 amide bonds. The van der Waals surface area contributed by atoms with Crippen molar-refractivity contribution >= 4 is 38.8 Å². The third kappa shape index (κ3) is 4.63. The number of rotatable bonds is 8. The monoisotopic (exact) mass is 456 g/mol. The van der Waals surface area contributed by atoms with E-state index in [9.17, 15) is 4.79 Å². The first-order chi connectivity index (χ1) is 14.1. The SMILES string of the molecule is COc1cc(C=NCC(=O)C(OC)c2ccnc3ccccc23)cc(OC)c1Br. The molecular formula is C22H21BrN2O4. The zero-order valence-electron chi connectivity index (χ0n) is 16.4. The molecule has 0 aliphatic carbocycles. The number of ketones is 1. The quantitative estimate of drug-likeness (QED) is 0.470. The molecule has 2 aromatic carbocycles. The van der Waals surface area contributed by atoms with E-state index in [1.165, 1.54) is 7.11 Å². The average Bonchev–Trinajstić information content (AvgIpc) is 2.75. The van der Waals surface area contributed by atoms with Gasteiger partial charge in [0, 0.05) is 24.9 Å². The number of Topliss-reactive ketones (excluding diaryl/α,β-unsaturated/α-hetero) is 1. The first-order valence-corrected chi connectivity index (χ1v) is 9.68. The van der Waals surface area contributed by atoms with Crippen LogP contribution in [0.2, 0.25) is 0 Å². The van der Waals surface area contributed by atoms with E-state index in [-0.39, 0.29) is 12.3 Å². The molecule has 3 rings (SSSR count). The molecule has 0 N–H and O–H groups in total. The standard InChI is InChI=1S/C22H21BrN2O4/c1-27-19-10-14(11-20(28-2)21(19)23)12-24-13-18(26)22(29-3)16-8-9-25-17-7-5-4-6-15(16)17/h4-12,22H,13H2,1-3H3. The van der Waals surface area contributed by atoms with Crippen LogP contribution in [0, 0.1) is 0 Å². The van der Waals surface area contributed by atoms with E-state index in [0.717, 1.165) is 26.5 Å². The van der Waals surface area contributed by atoms with Gasteiger partial charge in [0.1, 0.15) is 28.6 Å². The van der Waals surface area contributed by atoms with Crippen molar-refractivity contribution in [1.82, 2.24) is 4.98 Å². The van der Waals surface area contributed by atoms with Crippen molar-refractivity contribution in [2.45, 2.75) is 6.10 Å². The summed E-state index contributed by atoms with van der Waals surface area (Å²) in [6.45, 7) is -0.0180. The number of nitrogens with zero attached hydrogens (tertiary/aromatic N) is 2. The highest BCUT2D eigenvalue weighted by atomic mass is 79.9. The number of fused-ring (bicyclic) bond motifs is 1. The Kier molecular flexibility index (Phi) is 6.95. The van der Waals surface area contributed by atoms with Crippen molar-refractivity contribution in [1.29, 1.82) is 0 Å². The van der Waals surface area contributed by atoms with Crippen LogP contribution >= 0.6 is 15.9 Å². The molecule has 1 atom stereocenters. The van der Waals surface area contributed by atoms with Crippen LogP contribution in [0.3, 0.4) is 0 Å². The van der Waals surface area contributed by atoms with Gasteiger partial charge in [-0.05, 0) is 51.3 Å². The number of carbonyl (C=O) groups is 1. The molecule has 1 aromatic heterocycles. The lowest BCUT2D eigenvalue weighted by Crippen LogP contribution is -2.18. The molecule has 29 heavy (non-hydrogen) atoms. The van der Waals surface area contributed by atoms with Crippen LogP contribution in [0.1, 0.15) is 17.2 Å². The van der Waals surface area contributed by atoms with Crippen LogP contribution in [0.25, 0.3) is 10.9 Å². The second kappa shape index (κ2) is 9.62. The summed E-state index contributed by atoms with van der Waals surface area (Å²) < 4.78 is 16.9. The number of hydrogen-bond donors (Lipinski definition) is 0. The summed E-state index contributed by atoms with van der Waals surface area (Å²) >= 11 is 3.43. The van der Waals surface area contributed by atoms with Crippen molar-refractivity contribution in [3.63, 3.8) is 0 Å². The molecule has 150 valence electrons. The molecule has 0 aliphatic heterocycles. The molecule has 0 radical (unpaired) electrons. The predicted molar refractivity (Wildman–Crippen MR) is 116 cm³/mol. The van der Waals surface area contributed by atoms with Crippen molar-refractivity contribution in [3.8, 4) is 11.5 Å².